The van der Waals surface area contributed by atoms with Crippen LogP contribution < -0.4 is 9.47 Å². The first-order chi connectivity index (χ1) is 18.9. The number of carbonyl (C=O) groups excluding carboxylic acids is 2. The van der Waals surface area contributed by atoms with Gasteiger partial charge in [-0.15, -0.1) is 0 Å². The second-order valence-electron chi connectivity index (χ2n) is 10.5. The van der Waals surface area contributed by atoms with Crippen LogP contribution in [-0.4, -0.2) is 97.0 Å². The quantitative estimate of drug-likeness (QED) is 0.396. The summed E-state index contributed by atoms with van der Waals surface area (Å²) >= 11 is 1.39. The molecule has 14 heteroatoms. The topological polar surface area (TPSA) is 173 Å². The normalized spacial score (nSPS) is 19.1. The van der Waals surface area contributed by atoms with Gasteiger partial charge in [0, 0.05) is 29.5 Å². The van der Waals surface area contributed by atoms with E-state index in [4.69, 9.17) is 14.0 Å². The van der Waals surface area contributed by atoms with Gasteiger partial charge in [0.25, 0.3) is 17.0 Å². The Morgan fingerprint density at radius 2 is 1.43 bits per heavy atom. The summed E-state index contributed by atoms with van der Waals surface area (Å²) in [4.78, 5) is 55.4. The molecule has 3 heterocycles. The Morgan fingerprint density at radius 1 is 0.925 bits per heavy atom. The predicted molar refractivity (Wildman–Crippen MR) is 141 cm³/mol. The summed E-state index contributed by atoms with van der Waals surface area (Å²) in [7, 11) is 0. The Kier molecular flexibility index (Phi) is 8.86. The lowest BCUT2D eigenvalue weighted by atomic mass is 10.2. The number of ether oxygens (including phenoxy) is 2. The number of hydrogen-bond acceptors (Lipinski definition) is 10. The first-order valence-electron chi connectivity index (χ1n) is 12.9. The molecule has 0 bridgehead atoms. The van der Waals surface area contributed by atoms with Crippen LogP contribution >= 0.6 is 11.8 Å². The monoisotopic (exact) mass is 576 g/mol. The van der Waals surface area contributed by atoms with Crippen LogP contribution in [0.1, 0.15) is 46.5 Å². The largest absolute Gasteiger partial charge is 0.484 e. The number of aliphatic carboxylic acids is 2. The maximum Gasteiger partial charge on any atom is 0.326 e. The Balaban J connectivity index is 1.52. The van der Waals surface area contributed by atoms with Gasteiger partial charge in [-0.25, -0.2) is 9.59 Å². The average Bonchev–Trinajstić information content (AvgIpc) is 3.65. The molecular weight excluding hydrogens is 544 g/mol. The minimum Gasteiger partial charge on any atom is -0.484 e. The highest BCUT2D eigenvalue weighted by Crippen LogP contribution is 2.34. The number of carboxylic acids is 2. The van der Waals surface area contributed by atoms with Gasteiger partial charge in [0.2, 0.25) is 5.82 Å². The summed E-state index contributed by atoms with van der Waals surface area (Å²) in [5.74, 6) is -2.40. The van der Waals surface area contributed by atoms with Crippen LogP contribution in [-0.2, 0) is 19.2 Å². The predicted octanol–water partition coefficient (Wildman–Crippen LogP) is 2.54. The summed E-state index contributed by atoms with van der Waals surface area (Å²) in [6.07, 6.45) is 1.96. The summed E-state index contributed by atoms with van der Waals surface area (Å²) in [6, 6.07) is 2.87. The first kappa shape index (κ1) is 29.2. The molecule has 2 aliphatic rings. The van der Waals surface area contributed by atoms with Crippen LogP contribution in [0.2, 0.25) is 0 Å². The molecule has 0 saturated carbocycles. The number of aromatic nitrogens is 2. The molecule has 2 aromatic rings. The third-order valence-electron chi connectivity index (χ3n) is 6.38. The lowest BCUT2D eigenvalue weighted by Crippen LogP contribution is -2.42. The van der Waals surface area contributed by atoms with Crippen LogP contribution in [0, 0.1) is 0 Å². The summed E-state index contributed by atoms with van der Waals surface area (Å²) in [5, 5.41) is 23.1. The maximum absolute atomic E-state index is 12.7. The lowest BCUT2D eigenvalue weighted by molar-refractivity contribution is -0.149. The van der Waals surface area contributed by atoms with E-state index >= 15 is 0 Å². The van der Waals surface area contributed by atoms with Crippen molar-refractivity contribution in [1.29, 1.82) is 0 Å². The minimum absolute atomic E-state index is 0.170. The zero-order valence-electron chi connectivity index (χ0n) is 22.5. The molecule has 2 amide bonds. The first-order valence-corrected chi connectivity index (χ1v) is 13.7. The fourth-order valence-corrected chi connectivity index (χ4v) is 5.33. The van der Waals surface area contributed by atoms with Gasteiger partial charge in [0.15, 0.2) is 13.2 Å². The van der Waals surface area contributed by atoms with Gasteiger partial charge in [0.1, 0.15) is 23.6 Å². The van der Waals surface area contributed by atoms with Crippen molar-refractivity contribution in [2.75, 3.05) is 26.3 Å². The van der Waals surface area contributed by atoms with Gasteiger partial charge in [-0.1, -0.05) is 37.7 Å². The van der Waals surface area contributed by atoms with Crippen molar-refractivity contribution < 1.29 is 43.4 Å². The van der Waals surface area contributed by atoms with Gasteiger partial charge in [-0.3, -0.25) is 9.59 Å². The van der Waals surface area contributed by atoms with Crippen molar-refractivity contribution in [2.45, 2.75) is 68.5 Å². The second kappa shape index (κ2) is 12.1. The number of thioether (sulfide) groups is 1. The smallest absolute Gasteiger partial charge is 0.326 e. The van der Waals surface area contributed by atoms with Crippen LogP contribution in [0.3, 0.4) is 0 Å². The number of hydrogen-bond donors (Lipinski definition) is 2. The van der Waals surface area contributed by atoms with E-state index < -0.39 is 49.1 Å². The van der Waals surface area contributed by atoms with Gasteiger partial charge in [-0.2, -0.15) is 4.98 Å². The van der Waals surface area contributed by atoms with Crippen LogP contribution in [0.15, 0.2) is 27.9 Å². The number of benzene rings is 1. The summed E-state index contributed by atoms with van der Waals surface area (Å²) in [5.41, 5.74) is 0.436. The van der Waals surface area contributed by atoms with Crippen LogP contribution in [0.4, 0.5) is 0 Å². The van der Waals surface area contributed by atoms with E-state index in [0.29, 0.717) is 49.6 Å². The van der Waals surface area contributed by atoms with Gasteiger partial charge < -0.3 is 34.0 Å². The third-order valence-corrected chi connectivity index (χ3v) is 7.33. The molecule has 4 rings (SSSR count). The van der Waals surface area contributed by atoms with E-state index in [0.717, 1.165) is 0 Å². The molecule has 2 atom stereocenters. The van der Waals surface area contributed by atoms with Crippen molar-refractivity contribution in [3.05, 3.63) is 18.2 Å². The maximum atomic E-state index is 12.7. The highest BCUT2D eigenvalue weighted by Gasteiger charge is 2.35. The number of nitrogens with zero attached hydrogens (tertiary/aromatic N) is 4. The van der Waals surface area contributed by atoms with Crippen LogP contribution in [0.5, 0.6) is 11.5 Å². The Hall–Kier alpha value is -3.81. The summed E-state index contributed by atoms with van der Waals surface area (Å²) < 4.78 is 16.6. The third kappa shape index (κ3) is 7.23. The number of rotatable bonds is 10. The molecule has 2 saturated heterocycles. The molecule has 40 heavy (non-hydrogen) atoms. The van der Waals surface area contributed by atoms with Gasteiger partial charge >= 0.3 is 11.9 Å². The van der Waals surface area contributed by atoms with E-state index in [9.17, 15) is 29.4 Å². The number of carboxylic acid groups (broad SMARTS) is 2. The van der Waals surface area contributed by atoms with E-state index in [1.54, 1.807) is 12.1 Å². The van der Waals surface area contributed by atoms with Crippen molar-refractivity contribution >= 4 is 35.5 Å². The van der Waals surface area contributed by atoms with Crippen molar-refractivity contribution in [1.82, 2.24) is 19.9 Å². The molecule has 1 aromatic heterocycles. The number of carbonyl (C=O) groups is 4. The molecule has 2 fully saturated rings. The van der Waals surface area contributed by atoms with Crippen molar-refractivity contribution in [3.63, 3.8) is 0 Å². The fourth-order valence-electron chi connectivity index (χ4n) is 4.60. The van der Waals surface area contributed by atoms with E-state index in [1.807, 2.05) is 20.8 Å². The number of likely N-dealkylation sites (tertiary alicyclic amines) is 2. The zero-order valence-corrected chi connectivity index (χ0v) is 23.3. The molecule has 0 spiro atoms. The molecule has 2 aliphatic heterocycles. The highest BCUT2D eigenvalue weighted by atomic mass is 32.2. The molecule has 1 aromatic carbocycles. The molecule has 216 valence electrons. The Bertz CT molecular complexity index is 1210. The van der Waals surface area contributed by atoms with Crippen molar-refractivity contribution in [3.8, 4) is 22.9 Å². The molecule has 13 nitrogen and oxygen atoms in total. The molecule has 2 N–H and O–H groups in total. The standard InChI is InChI=1S/C26H32N4O9S/c1-26(2,3)40-25-27-22(28-39-25)15-10-16(37-13-20(31)29-8-4-6-18(29)23(33)34)12-17(11-15)38-14-21(32)30-9-5-7-19(30)24(35)36/h10-12,18-19H,4-9,13-14H2,1-3H3,(H,33,34)(H,35,36). The minimum atomic E-state index is -1.06. The van der Waals surface area contributed by atoms with E-state index in [1.165, 1.54) is 27.6 Å². The molecular formula is C26H32N4O9S. The van der Waals surface area contributed by atoms with Gasteiger partial charge in [0.05, 0.1) is 0 Å². The Morgan fingerprint density at radius 3 is 1.88 bits per heavy atom. The zero-order chi connectivity index (χ0) is 29.0. The average molecular weight is 577 g/mol. The van der Waals surface area contributed by atoms with E-state index in [2.05, 4.69) is 10.1 Å². The van der Waals surface area contributed by atoms with Crippen molar-refractivity contribution in [2.24, 2.45) is 0 Å². The lowest BCUT2D eigenvalue weighted by Gasteiger charge is -2.22. The highest BCUT2D eigenvalue weighted by molar-refractivity contribution is 8.00. The van der Waals surface area contributed by atoms with Gasteiger partial charge in [-0.05, 0) is 37.8 Å². The van der Waals surface area contributed by atoms with E-state index in [-0.39, 0.29) is 22.1 Å². The molecule has 2 unspecified atom stereocenters. The summed E-state index contributed by atoms with van der Waals surface area (Å²) in [6.45, 7) is 5.86. The fraction of sp³-hybridized carbons (Fsp3) is 0.538. The molecule has 0 radical (unpaired) electrons. The van der Waals surface area contributed by atoms with Crippen LogP contribution in [0.25, 0.3) is 11.4 Å². The Labute approximate surface area is 234 Å². The molecule has 0 aliphatic carbocycles. The second-order valence-corrected chi connectivity index (χ2v) is 12.3. The number of amides is 2. The SMILES string of the molecule is CC(C)(C)Sc1nc(-c2cc(OCC(=O)N3CCCC3C(=O)O)cc(OCC(=O)N3CCCC3C(=O)O)c2)no1.